The molecule has 22 heavy (non-hydrogen) atoms. The van der Waals surface area contributed by atoms with Crippen molar-refractivity contribution in [2.24, 2.45) is 0 Å². The highest BCUT2D eigenvalue weighted by molar-refractivity contribution is 6.44. The Morgan fingerprint density at radius 3 is 2.32 bits per heavy atom. The lowest BCUT2D eigenvalue weighted by molar-refractivity contribution is 0.302. The molecule has 0 aliphatic carbocycles. The summed E-state index contributed by atoms with van der Waals surface area (Å²) < 4.78 is 6.03. The SMILES string of the molecule is CCc1ccc(CC)c(OCc2ccc(Cl)cc2C(Cl)Cl)c1. The van der Waals surface area contributed by atoms with E-state index in [0.717, 1.165) is 29.7 Å². The molecule has 0 bridgehead atoms. The second kappa shape index (κ2) is 8.10. The molecule has 0 saturated heterocycles. The third-order valence-electron chi connectivity index (χ3n) is 3.65. The van der Waals surface area contributed by atoms with Gasteiger partial charge in [0.1, 0.15) is 17.2 Å². The molecule has 0 aliphatic heterocycles. The van der Waals surface area contributed by atoms with E-state index in [1.807, 2.05) is 12.1 Å². The van der Waals surface area contributed by atoms with Crippen LogP contribution in [-0.2, 0) is 19.4 Å². The molecule has 0 amide bonds. The Bertz CT molecular complexity index is 638. The maximum absolute atomic E-state index is 6.03. The highest BCUT2D eigenvalue weighted by atomic mass is 35.5. The van der Waals surface area contributed by atoms with Crippen molar-refractivity contribution >= 4 is 34.8 Å². The van der Waals surface area contributed by atoms with Crippen LogP contribution in [0.1, 0.15) is 40.9 Å². The molecule has 2 aromatic carbocycles. The van der Waals surface area contributed by atoms with E-state index >= 15 is 0 Å². The Hall–Kier alpha value is -0.890. The fourth-order valence-corrected chi connectivity index (χ4v) is 2.89. The molecule has 118 valence electrons. The lowest BCUT2D eigenvalue weighted by Gasteiger charge is -2.15. The first-order chi connectivity index (χ1) is 10.5. The van der Waals surface area contributed by atoms with Crippen molar-refractivity contribution in [1.82, 2.24) is 0 Å². The summed E-state index contributed by atoms with van der Waals surface area (Å²) in [5.41, 5.74) is 4.20. The van der Waals surface area contributed by atoms with E-state index in [9.17, 15) is 0 Å². The van der Waals surface area contributed by atoms with Crippen molar-refractivity contribution in [3.8, 4) is 5.75 Å². The van der Waals surface area contributed by atoms with Crippen LogP contribution in [0.2, 0.25) is 5.02 Å². The number of rotatable bonds is 6. The third kappa shape index (κ3) is 4.32. The van der Waals surface area contributed by atoms with Crippen LogP contribution in [0.4, 0.5) is 0 Å². The maximum atomic E-state index is 6.03. The standard InChI is InChI=1S/C18H19Cl3O/c1-3-12-5-6-13(4-2)17(9-12)22-11-14-7-8-15(19)10-16(14)18(20)21/h5-10,18H,3-4,11H2,1-2H3. The van der Waals surface area contributed by atoms with Gasteiger partial charge < -0.3 is 4.74 Å². The summed E-state index contributed by atoms with van der Waals surface area (Å²) in [5, 5.41) is 0.618. The molecule has 1 nitrogen and oxygen atoms in total. The van der Waals surface area contributed by atoms with Gasteiger partial charge in [-0.15, -0.1) is 23.2 Å². The predicted molar refractivity (Wildman–Crippen MR) is 95.4 cm³/mol. The summed E-state index contributed by atoms with van der Waals surface area (Å²) in [7, 11) is 0. The minimum atomic E-state index is -0.620. The Morgan fingerprint density at radius 1 is 0.955 bits per heavy atom. The first-order valence-corrected chi connectivity index (χ1v) is 8.61. The molecular weight excluding hydrogens is 339 g/mol. The third-order valence-corrected chi connectivity index (χ3v) is 4.35. The van der Waals surface area contributed by atoms with Crippen LogP contribution < -0.4 is 4.74 Å². The van der Waals surface area contributed by atoms with Crippen molar-refractivity contribution in [1.29, 1.82) is 0 Å². The number of halogens is 3. The average Bonchev–Trinajstić information content (AvgIpc) is 2.53. The van der Waals surface area contributed by atoms with E-state index in [-0.39, 0.29) is 0 Å². The molecule has 0 aliphatic rings. The van der Waals surface area contributed by atoms with Gasteiger partial charge in [-0.2, -0.15) is 0 Å². The molecule has 0 heterocycles. The number of benzene rings is 2. The van der Waals surface area contributed by atoms with E-state index in [1.54, 1.807) is 6.07 Å². The minimum absolute atomic E-state index is 0.419. The number of aryl methyl sites for hydroxylation is 2. The van der Waals surface area contributed by atoms with Crippen molar-refractivity contribution in [2.75, 3.05) is 0 Å². The van der Waals surface area contributed by atoms with Crippen molar-refractivity contribution in [3.63, 3.8) is 0 Å². The molecule has 0 fully saturated rings. The van der Waals surface area contributed by atoms with Crippen LogP contribution in [0, 0.1) is 0 Å². The second-order valence-corrected chi connectivity index (χ2v) is 6.61. The Morgan fingerprint density at radius 2 is 1.68 bits per heavy atom. The van der Waals surface area contributed by atoms with E-state index in [0.29, 0.717) is 11.6 Å². The summed E-state index contributed by atoms with van der Waals surface area (Å²) in [6.07, 6.45) is 1.92. The van der Waals surface area contributed by atoms with Crippen LogP contribution in [-0.4, -0.2) is 0 Å². The highest BCUT2D eigenvalue weighted by Gasteiger charge is 2.12. The highest BCUT2D eigenvalue weighted by Crippen LogP contribution is 2.31. The van der Waals surface area contributed by atoms with E-state index in [2.05, 4.69) is 32.0 Å². The molecule has 0 saturated carbocycles. The maximum Gasteiger partial charge on any atom is 0.133 e. The van der Waals surface area contributed by atoms with Crippen LogP contribution >= 0.6 is 34.8 Å². The number of hydrogen-bond donors (Lipinski definition) is 0. The zero-order valence-electron chi connectivity index (χ0n) is 12.7. The van der Waals surface area contributed by atoms with Crippen molar-refractivity contribution < 1.29 is 4.74 Å². The van der Waals surface area contributed by atoms with Gasteiger partial charge in [0.2, 0.25) is 0 Å². The second-order valence-electron chi connectivity index (χ2n) is 5.08. The van der Waals surface area contributed by atoms with Gasteiger partial charge in [0, 0.05) is 5.02 Å². The predicted octanol–water partition coefficient (Wildman–Crippen LogP) is 6.52. The number of hydrogen-bond acceptors (Lipinski definition) is 1. The zero-order chi connectivity index (χ0) is 16.1. The smallest absolute Gasteiger partial charge is 0.133 e. The van der Waals surface area contributed by atoms with E-state index in [4.69, 9.17) is 39.5 Å². The molecule has 4 heteroatoms. The summed E-state index contributed by atoms with van der Waals surface area (Å²) in [6, 6.07) is 11.9. The fraction of sp³-hybridized carbons (Fsp3) is 0.333. The molecule has 0 aromatic heterocycles. The molecule has 2 aromatic rings. The van der Waals surface area contributed by atoms with Crippen LogP contribution in [0.3, 0.4) is 0 Å². The van der Waals surface area contributed by atoms with Gasteiger partial charge in [-0.05, 0) is 53.3 Å². The minimum Gasteiger partial charge on any atom is -0.489 e. The summed E-state index contributed by atoms with van der Waals surface area (Å²) in [6.45, 7) is 4.67. The Balaban J connectivity index is 2.23. The quantitative estimate of drug-likeness (QED) is 0.535. The van der Waals surface area contributed by atoms with E-state index in [1.165, 1.54) is 11.1 Å². The van der Waals surface area contributed by atoms with Gasteiger partial charge >= 0.3 is 0 Å². The van der Waals surface area contributed by atoms with Crippen LogP contribution in [0.25, 0.3) is 0 Å². The molecule has 0 unspecified atom stereocenters. The zero-order valence-corrected chi connectivity index (χ0v) is 15.0. The van der Waals surface area contributed by atoms with Gasteiger partial charge in [0.15, 0.2) is 0 Å². The Labute approximate surface area is 147 Å². The van der Waals surface area contributed by atoms with Gasteiger partial charge in [0.25, 0.3) is 0 Å². The van der Waals surface area contributed by atoms with E-state index < -0.39 is 4.84 Å². The molecule has 0 atom stereocenters. The van der Waals surface area contributed by atoms with Crippen LogP contribution in [0.5, 0.6) is 5.75 Å². The average molecular weight is 358 g/mol. The summed E-state index contributed by atoms with van der Waals surface area (Å²) in [4.78, 5) is -0.620. The largest absolute Gasteiger partial charge is 0.489 e. The van der Waals surface area contributed by atoms with Gasteiger partial charge in [-0.1, -0.05) is 43.6 Å². The molecule has 0 spiro atoms. The number of alkyl halides is 2. The van der Waals surface area contributed by atoms with Gasteiger partial charge in [-0.3, -0.25) is 0 Å². The lowest BCUT2D eigenvalue weighted by atomic mass is 10.1. The van der Waals surface area contributed by atoms with Crippen LogP contribution in [0.15, 0.2) is 36.4 Å². The van der Waals surface area contributed by atoms with Crippen molar-refractivity contribution in [2.45, 2.75) is 38.1 Å². The van der Waals surface area contributed by atoms with Crippen molar-refractivity contribution in [3.05, 3.63) is 63.7 Å². The molecule has 2 rings (SSSR count). The first-order valence-electron chi connectivity index (χ1n) is 7.36. The molecule has 0 N–H and O–H groups in total. The Kier molecular flexibility index (Phi) is 6.43. The number of ether oxygens (including phenoxy) is 1. The van der Waals surface area contributed by atoms with Gasteiger partial charge in [-0.25, -0.2) is 0 Å². The monoisotopic (exact) mass is 356 g/mol. The molecular formula is C18H19Cl3O. The normalized spacial score (nSPS) is 11.0. The van der Waals surface area contributed by atoms with Gasteiger partial charge in [0.05, 0.1) is 0 Å². The summed E-state index contributed by atoms with van der Waals surface area (Å²) in [5.74, 6) is 0.920. The molecule has 0 radical (unpaired) electrons. The topological polar surface area (TPSA) is 9.23 Å². The first kappa shape index (κ1) is 17.5. The summed E-state index contributed by atoms with van der Waals surface area (Å²) >= 11 is 18.0. The lowest BCUT2D eigenvalue weighted by Crippen LogP contribution is -2.02. The fourth-order valence-electron chi connectivity index (χ4n) is 2.30.